The second kappa shape index (κ2) is 10.6. The van der Waals surface area contributed by atoms with Crippen molar-refractivity contribution < 1.29 is 21.6 Å². The number of H-pyrrole nitrogens is 1. The van der Waals surface area contributed by atoms with E-state index in [1.807, 2.05) is 13.8 Å². The van der Waals surface area contributed by atoms with Gasteiger partial charge in [-0.15, -0.1) is 0 Å². The molecule has 2 heterocycles. The molecule has 0 aliphatic carbocycles. The van der Waals surface area contributed by atoms with E-state index in [1.165, 1.54) is 16.7 Å². The van der Waals surface area contributed by atoms with Gasteiger partial charge >= 0.3 is 0 Å². The van der Waals surface area contributed by atoms with Gasteiger partial charge in [0.2, 0.25) is 0 Å². The van der Waals surface area contributed by atoms with E-state index in [2.05, 4.69) is 9.71 Å². The molecule has 0 aliphatic heterocycles. The number of aryl methyl sites for hydroxylation is 1. The van der Waals surface area contributed by atoms with Crippen LogP contribution in [0.1, 0.15) is 25.3 Å². The Morgan fingerprint density at radius 1 is 0.878 bits per heavy atom. The molecule has 5 rings (SSSR count). The van der Waals surface area contributed by atoms with Gasteiger partial charge in [0.15, 0.2) is 9.84 Å². The first-order chi connectivity index (χ1) is 19.3. The average molecular weight is 592 g/mol. The van der Waals surface area contributed by atoms with Crippen molar-refractivity contribution in [2.75, 3.05) is 11.0 Å². The number of benzene rings is 3. The second-order valence-electron chi connectivity index (χ2n) is 10.1. The van der Waals surface area contributed by atoms with Gasteiger partial charge in [-0.3, -0.25) is 9.52 Å². The van der Waals surface area contributed by atoms with E-state index in [0.717, 1.165) is 11.8 Å². The Hall–Kier alpha value is -4.35. The van der Waals surface area contributed by atoms with Crippen LogP contribution in [0, 0.1) is 0 Å². The molecular formula is C30H29N3O6S2. The minimum absolute atomic E-state index is 0.0855. The Labute approximate surface area is 238 Å². The fraction of sp³-hybridized carbons (Fsp3) is 0.167. The van der Waals surface area contributed by atoms with Gasteiger partial charge < -0.3 is 14.3 Å². The van der Waals surface area contributed by atoms with E-state index < -0.39 is 19.9 Å². The van der Waals surface area contributed by atoms with Crippen LogP contribution in [0.5, 0.6) is 11.5 Å². The normalized spacial score (nSPS) is 12.1. The Bertz CT molecular complexity index is 2040. The summed E-state index contributed by atoms with van der Waals surface area (Å²) >= 11 is 0. The minimum Gasteiger partial charge on any atom is -0.457 e. The van der Waals surface area contributed by atoms with Crippen molar-refractivity contribution >= 4 is 36.5 Å². The van der Waals surface area contributed by atoms with Crippen molar-refractivity contribution in [1.82, 2.24) is 9.55 Å². The van der Waals surface area contributed by atoms with Crippen LogP contribution in [0.2, 0.25) is 0 Å². The number of ether oxygens (including phenoxy) is 1. The van der Waals surface area contributed by atoms with Crippen molar-refractivity contribution in [2.24, 2.45) is 7.05 Å². The molecule has 3 aromatic carbocycles. The molecule has 11 heteroatoms. The van der Waals surface area contributed by atoms with Crippen molar-refractivity contribution in [2.45, 2.75) is 29.6 Å². The predicted octanol–water partition coefficient (Wildman–Crippen LogP) is 5.65. The molecule has 0 unspecified atom stereocenters. The third-order valence-corrected chi connectivity index (χ3v) is 9.24. The average Bonchev–Trinajstić information content (AvgIpc) is 3.41. The molecule has 0 aliphatic rings. The molecule has 0 saturated carbocycles. The second-order valence-corrected chi connectivity index (χ2v) is 13.8. The molecule has 5 aromatic rings. The number of anilines is 1. The first-order valence-corrected chi connectivity index (χ1v) is 16.1. The molecule has 212 valence electrons. The van der Waals surface area contributed by atoms with Crippen LogP contribution in [0.4, 0.5) is 5.69 Å². The van der Waals surface area contributed by atoms with Crippen molar-refractivity contribution in [3.63, 3.8) is 0 Å². The van der Waals surface area contributed by atoms with Crippen molar-refractivity contribution in [1.29, 1.82) is 0 Å². The summed E-state index contributed by atoms with van der Waals surface area (Å²) < 4.78 is 61.1. The van der Waals surface area contributed by atoms with Crippen LogP contribution < -0.4 is 15.0 Å². The maximum atomic E-state index is 13.0. The number of nitrogens with one attached hydrogen (secondary N) is 2. The monoisotopic (exact) mass is 591 g/mol. The van der Waals surface area contributed by atoms with E-state index in [1.54, 1.807) is 80.1 Å². The molecular weight excluding hydrogens is 562 g/mol. The summed E-state index contributed by atoms with van der Waals surface area (Å²) in [6, 6.07) is 19.4. The zero-order valence-corrected chi connectivity index (χ0v) is 24.5. The first kappa shape index (κ1) is 28.2. The molecule has 9 nitrogen and oxygen atoms in total. The molecule has 2 aromatic heterocycles. The summed E-state index contributed by atoms with van der Waals surface area (Å²) in [6.45, 7) is 4.07. The highest BCUT2D eigenvalue weighted by atomic mass is 32.2. The van der Waals surface area contributed by atoms with E-state index in [9.17, 15) is 21.6 Å². The number of pyridine rings is 1. The lowest BCUT2D eigenvalue weighted by Crippen LogP contribution is -2.16. The molecule has 0 spiro atoms. The SMILES string of the molecule is CC(C)c1ccc(S(=O)(=O)Nc2cccc(Oc3ccc(S(C)(=O)=O)cc3-c3cn(C)c(=O)c4[nH]ccc34)c2)cc1. The highest BCUT2D eigenvalue weighted by Gasteiger charge is 2.19. The highest BCUT2D eigenvalue weighted by molar-refractivity contribution is 7.92. The molecule has 2 N–H and O–H groups in total. The number of aromatic amines is 1. The van der Waals surface area contributed by atoms with Crippen LogP contribution in [0.15, 0.2) is 99.8 Å². The number of sulfone groups is 1. The standard InChI is InChI=1S/C30H29N3O6S2/c1-19(2)20-8-10-23(11-9-20)41(37,38)32-21-6-5-7-22(16-21)39-28-13-12-24(40(4,35)36)17-26(28)27-18-33(3)30(34)29-25(27)14-15-31-29/h5-19,31-32H,1-4H3. The summed E-state index contributed by atoms with van der Waals surface area (Å²) in [6.07, 6.45) is 4.38. The minimum atomic E-state index is -3.85. The highest BCUT2D eigenvalue weighted by Crippen LogP contribution is 2.38. The van der Waals surface area contributed by atoms with Gasteiger partial charge in [0, 0.05) is 48.3 Å². The summed E-state index contributed by atoms with van der Waals surface area (Å²) in [7, 11) is -5.79. The number of aromatic nitrogens is 2. The maximum absolute atomic E-state index is 13.0. The van der Waals surface area contributed by atoms with Crippen LogP contribution in [-0.2, 0) is 26.9 Å². The number of fused-ring (bicyclic) bond motifs is 1. The van der Waals surface area contributed by atoms with Gasteiger partial charge in [-0.05, 0) is 60.0 Å². The van der Waals surface area contributed by atoms with Gasteiger partial charge in [0.25, 0.3) is 15.6 Å². The Morgan fingerprint density at radius 2 is 1.59 bits per heavy atom. The number of rotatable bonds is 8. The van der Waals surface area contributed by atoms with Crippen LogP contribution >= 0.6 is 0 Å². The van der Waals surface area contributed by atoms with E-state index in [-0.39, 0.29) is 21.3 Å². The van der Waals surface area contributed by atoms with Gasteiger partial charge in [0.1, 0.15) is 17.0 Å². The molecule has 0 atom stereocenters. The molecule has 41 heavy (non-hydrogen) atoms. The zero-order valence-electron chi connectivity index (χ0n) is 22.9. The van der Waals surface area contributed by atoms with E-state index in [4.69, 9.17) is 4.74 Å². The van der Waals surface area contributed by atoms with Crippen LogP contribution in [-0.4, -0.2) is 32.6 Å². The Morgan fingerprint density at radius 3 is 2.27 bits per heavy atom. The van der Waals surface area contributed by atoms with Crippen LogP contribution in [0.3, 0.4) is 0 Å². The van der Waals surface area contributed by atoms with Crippen LogP contribution in [0.25, 0.3) is 22.0 Å². The molecule has 0 bridgehead atoms. The quantitative estimate of drug-likeness (QED) is 0.240. The summed E-state index contributed by atoms with van der Waals surface area (Å²) in [5, 5.41) is 0.605. The number of nitrogens with zero attached hydrogens (tertiary/aromatic N) is 1. The maximum Gasteiger partial charge on any atom is 0.274 e. The fourth-order valence-corrected chi connectivity index (χ4v) is 6.22. The Balaban J connectivity index is 1.53. The van der Waals surface area contributed by atoms with E-state index >= 15 is 0 Å². The first-order valence-electron chi connectivity index (χ1n) is 12.8. The van der Waals surface area contributed by atoms with Gasteiger partial charge in [-0.1, -0.05) is 32.0 Å². The lowest BCUT2D eigenvalue weighted by atomic mass is 10.0. The lowest BCUT2D eigenvalue weighted by molar-refractivity contribution is 0.484. The molecule has 0 radical (unpaired) electrons. The van der Waals surface area contributed by atoms with Crippen molar-refractivity contribution in [3.05, 3.63) is 101 Å². The molecule has 0 amide bonds. The molecule has 0 saturated heterocycles. The number of hydrogen-bond donors (Lipinski definition) is 2. The zero-order chi connectivity index (χ0) is 29.5. The smallest absolute Gasteiger partial charge is 0.274 e. The van der Waals surface area contributed by atoms with E-state index in [0.29, 0.717) is 39.2 Å². The largest absolute Gasteiger partial charge is 0.457 e. The van der Waals surface area contributed by atoms with Crippen molar-refractivity contribution in [3.8, 4) is 22.6 Å². The Kier molecular flexibility index (Phi) is 7.26. The third-order valence-electron chi connectivity index (χ3n) is 6.73. The summed E-state index contributed by atoms with van der Waals surface area (Å²) in [5.74, 6) is 0.922. The topological polar surface area (TPSA) is 127 Å². The lowest BCUT2D eigenvalue weighted by Gasteiger charge is -2.16. The van der Waals surface area contributed by atoms with Gasteiger partial charge in [-0.25, -0.2) is 16.8 Å². The van der Waals surface area contributed by atoms with Gasteiger partial charge in [-0.2, -0.15) is 0 Å². The van der Waals surface area contributed by atoms with Gasteiger partial charge in [0.05, 0.1) is 15.5 Å². The summed E-state index contributed by atoms with van der Waals surface area (Å²) in [5.41, 5.74) is 2.51. The summed E-state index contributed by atoms with van der Waals surface area (Å²) in [4.78, 5) is 15.8. The predicted molar refractivity (Wildman–Crippen MR) is 160 cm³/mol. The molecule has 0 fully saturated rings. The fourth-order valence-electron chi connectivity index (χ4n) is 4.52. The third kappa shape index (κ3) is 5.77. The number of hydrogen-bond acceptors (Lipinski definition) is 6. The number of sulfonamides is 1.